The van der Waals surface area contributed by atoms with E-state index in [4.69, 9.17) is 4.74 Å². The largest absolute Gasteiger partial charge is 0.506 e. The number of methoxy groups -OCH3 is 1. The van der Waals surface area contributed by atoms with E-state index in [1.807, 2.05) is 6.07 Å². The van der Waals surface area contributed by atoms with Crippen molar-refractivity contribution in [2.75, 3.05) is 7.11 Å². The van der Waals surface area contributed by atoms with Gasteiger partial charge in [-0.15, -0.1) is 0 Å². The molecule has 1 rings (SSSR count). The van der Waals surface area contributed by atoms with Crippen LogP contribution in [0.5, 0.6) is 5.75 Å². The van der Waals surface area contributed by atoms with Gasteiger partial charge in [0.1, 0.15) is 11.5 Å². The van der Waals surface area contributed by atoms with Gasteiger partial charge < -0.3 is 9.84 Å². The van der Waals surface area contributed by atoms with Crippen LogP contribution in [0.4, 0.5) is 0 Å². The lowest BCUT2D eigenvalue weighted by Crippen LogP contribution is -2.02. The number of halogens is 1. The molecule has 0 spiro atoms. The first-order valence-electron chi connectivity index (χ1n) is 4.53. The minimum Gasteiger partial charge on any atom is -0.506 e. The van der Waals surface area contributed by atoms with E-state index in [-0.39, 0.29) is 18.0 Å². The predicted molar refractivity (Wildman–Crippen MR) is 60.9 cm³/mol. The molecule has 0 aliphatic carbocycles. The molecule has 0 saturated heterocycles. The van der Waals surface area contributed by atoms with Crippen LogP contribution in [-0.2, 0) is 22.6 Å². The summed E-state index contributed by atoms with van der Waals surface area (Å²) in [7, 11) is 1.58. The highest BCUT2D eigenvalue weighted by Crippen LogP contribution is 2.31. The molecule has 0 aromatic heterocycles. The second-order valence-corrected chi connectivity index (χ2v) is 4.20. The zero-order chi connectivity index (χ0) is 11.4. The lowest BCUT2D eigenvalue weighted by atomic mass is 10.0. The fourth-order valence-electron chi connectivity index (χ4n) is 1.39. The first-order valence-corrected chi connectivity index (χ1v) is 5.33. The van der Waals surface area contributed by atoms with Crippen molar-refractivity contribution < 1.29 is 14.6 Å². The SMILES string of the molecule is COCc1ccc(Br)c(O)c1CC(C)=O. The van der Waals surface area contributed by atoms with Gasteiger partial charge in [0.05, 0.1) is 11.1 Å². The third-order valence-corrected chi connectivity index (χ3v) is 2.70. The summed E-state index contributed by atoms with van der Waals surface area (Å²) in [5.74, 6) is 0.139. The van der Waals surface area contributed by atoms with Crippen LogP contribution in [0, 0.1) is 0 Å². The van der Waals surface area contributed by atoms with Crippen molar-refractivity contribution in [1.29, 1.82) is 0 Å². The molecule has 0 unspecified atom stereocenters. The molecule has 4 heteroatoms. The summed E-state index contributed by atoms with van der Waals surface area (Å²) in [5.41, 5.74) is 1.48. The average Bonchev–Trinajstić information content (AvgIpc) is 2.17. The number of phenols is 1. The van der Waals surface area contributed by atoms with Gasteiger partial charge in [-0.05, 0) is 34.5 Å². The third-order valence-electron chi connectivity index (χ3n) is 2.06. The van der Waals surface area contributed by atoms with Gasteiger partial charge in [-0.3, -0.25) is 4.79 Å². The van der Waals surface area contributed by atoms with E-state index < -0.39 is 0 Å². The maximum absolute atomic E-state index is 11.1. The maximum atomic E-state index is 11.1. The van der Waals surface area contributed by atoms with E-state index in [0.29, 0.717) is 16.6 Å². The first-order chi connectivity index (χ1) is 7.06. The van der Waals surface area contributed by atoms with Gasteiger partial charge in [-0.2, -0.15) is 0 Å². The van der Waals surface area contributed by atoms with Crippen molar-refractivity contribution in [1.82, 2.24) is 0 Å². The molecular weight excluding hydrogens is 260 g/mol. The zero-order valence-electron chi connectivity index (χ0n) is 8.71. The number of hydrogen-bond acceptors (Lipinski definition) is 3. The highest BCUT2D eigenvalue weighted by Gasteiger charge is 2.12. The van der Waals surface area contributed by atoms with E-state index in [1.54, 1.807) is 13.2 Å². The molecule has 1 aromatic rings. The molecule has 3 nitrogen and oxygen atoms in total. The topological polar surface area (TPSA) is 46.5 Å². The normalized spacial score (nSPS) is 10.3. The third kappa shape index (κ3) is 3.04. The van der Waals surface area contributed by atoms with Gasteiger partial charge in [0.15, 0.2) is 0 Å². The van der Waals surface area contributed by atoms with E-state index in [2.05, 4.69) is 15.9 Å². The van der Waals surface area contributed by atoms with E-state index in [9.17, 15) is 9.90 Å². The smallest absolute Gasteiger partial charge is 0.134 e. The van der Waals surface area contributed by atoms with Crippen LogP contribution in [0.25, 0.3) is 0 Å². The molecule has 82 valence electrons. The molecule has 0 radical (unpaired) electrons. The minimum atomic E-state index is 0.0146. The molecule has 0 amide bonds. The lowest BCUT2D eigenvalue weighted by molar-refractivity contribution is -0.116. The highest BCUT2D eigenvalue weighted by molar-refractivity contribution is 9.10. The Bertz CT molecular complexity index is 374. The lowest BCUT2D eigenvalue weighted by Gasteiger charge is -2.10. The summed E-state index contributed by atoms with van der Waals surface area (Å²) in [6.07, 6.45) is 0.226. The number of rotatable bonds is 4. The second kappa shape index (κ2) is 5.28. The Kier molecular flexibility index (Phi) is 4.29. The summed E-state index contributed by atoms with van der Waals surface area (Å²) in [6.45, 7) is 1.89. The molecule has 0 atom stereocenters. The molecule has 15 heavy (non-hydrogen) atoms. The summed E-state index contributed by atoms with van der Waals surface area (Å²) >= 11 is 3.22. The van der Waals surface area contributed by atoms with Crippen molar-refractivity contribution >= 4 is 21.7 Å². The number of aromatic hydroxyl groups is 1. The minimum absolute atomic E-state index is 0.0146. The molecule has 0 aliphatic heterocycles. The molecule has 1 N–H and O–H groups in total. The van der Waals surface area contributed by atoms with E-state index in [0.717, 1.165) is 5.56 Å². The Morgan fingerprint density at radius 1 is 1.53 bits per heavy atom. The fourth-order valence-corrected chi connectivity index (χ4v) is 1.76. The Labute approximate surface area is 97.2 Å². The molecule has 0 aliphatic rings. The number of Topliss-reactive ketones (excluding diaryl/α,β-unsaturated/α-hetero) is 1. The Hall–Kier alpha value is -0.870. The fraction of sp³-hybridized carbons (Fsp3) is 0.364. The zero-order valence-corrected chi connectivity index (χ0v) is 10.3. The first kappa shape index (κ1) is 12.2. The quantitative estimate of drug-likeness (QED) is 0.916. The standard InChI is InChI=1S/C11H13BrO3/c1-7(13)5-9-8(6-15-2)3-4-10(12)11(9)14/h3-4,14H,5-6H2,1-2H3. The number of phenolic OH excluding ortho intramolecular Hbond substituents is 1. The van der Waals surface area contributed by atoms with Crippen LogP contribution < -0.4 is 0 Å². The van der Waals surface area contributed by atoms with Gasteiger partial charge in [0.25, 0.3) is 0 Å². The average molecular weight is 273 g/mol. The molecule has 0 heterocycles. The predicted octanol–water partition coefficient (Wildman–Crippen LogP) is 2.43. The highest BCUT2D eigenvalue weighted by atomic mass is 79.9. The van der Waals surface area contributed by atoms with Crippen LogP contribution in [0.1, 0.15) is 18.1 Å². The van der Waals surface area contributed by atoms with Gasteiger partial charge in [0, 0.05) is 19.1 Å². The summed E-state index contributed by atoms with van der Waals surface area (Å²) in [5, 5.41) is 9.80. The number of carbonyl (C=O) groups excluding carboxylic acids is 1. The summed E-state index contributed by atoms with van der Waals surface area (Å²) in [4.78, 5) is 11.1. The molecular formula is C11H13BrO3. The van der Waals surface area contributed by atoms with E-state index in [1.165, 1.54) is 6.92 Å². The Morgan fingerprint density at radius 3 is 2.73 bits per heavy atom. The van der Waals surface area contributed by atoms with Gasteiger partial charge >= 0.3 is 0 Å². The number of hydrogen-bond donors (Lipinski definition) is 1. The van der Waals surface area contributed by atoms with Crippen molar-refractivity contribution in [3.05, 3.63) is 27.7 Å². The monoisotopic (exact) mass is 272 g/mol. The van der Waals surface area contributed by atoms with E-state index >= 15 is 0 Å². The van der Waals surface area contributed by atoms with Crippen LogP contribution in [-0.4, -0.2) is 18.0 Å². The second-order valence-electron chi connectivity index (χ2n) is 3.35. The Morgan fingerprint density at radius 2 is 2.20 bits per heavy atom. The summed E-state index contributed by atoms with van der Waals surface area (Å²) in [6, 6.07) is 3.58. The number of benzene rings is 1. The number of carbonyl (C=O) groups is 1. The van der Waals surface area contributed by atoms with Crippen LogP contribution in [0.2, 0.25) is 0 Å². The van der Waals surface area contributed by atoms with Gasteiger partial charge in [0.2, 0.25) is 0 Å². The van der Waals surface area contributed by atoms with Crippen molar-refractivity contribution in [3.63, 3.8) is 0 Å². The van der Waals surface area contributed by atoms with Crippen LogP contribution in [0.15, 0.2) is 16.6 Å². The number of ketones is 1. The van der Waals surface area contributed by atoms with Crippen LogP contribution in [0.3, 0.4) is 0 Å². The molecule has 0 fully saturated rings. The van der Waals surface area contributed by atoms with Gasteiger partial charge in [-0.25, -0.2) is 0 Å². The van der Waals surface area contributed by atoms with Crippen molar-refractivity contribution in [2.24, 2.45) is 0 Å². The maximum Gasteiger partial charge on any atom is 0.134 e. The van der Waals surface area contributed by atoms with Gasteiger partial charge in [-0.1, -0.05) is 6.07 Å². The Balaban J connectivity index is 3.15. The van der Waals surface area contributed by atoms with Crippen molar-refractivity contribution in [2.45, 2.75) is 20.0 Å². The molecule has 0 bridgehead atoms. The molecule has 0 saturated carbocycles. The van der Waals surface area contributed by atoms with Crippen molar-refractivity contribution in [3.8, 4) is 5.75 Å². The number of ether oxygens (including phenoxy) is 1. The van der Waals surface area contributed by atoms with Crippen LogP contribution >= 0.6 is 15.9 Å². The summed E-state index contributed by atoms with van der Waals surface area (Å²) < 4.78 is 5.60. The molecule has 1 aromatic carbocycles.